The van der Waals surface area contributed by atoms with E-state index in [0.29, 0.717) is 35.4 Å². The van der Waals surface area contributed by atoms with Crippen LogP contribution in [0, 0.1) is 22.2 Å². The number of rotatable bonds is 6. The summed E-state index contributed by atoms with van der Waals surface area (Å²) in [5.74, 6) is 0.725. The lowest BCUT2D eigenvalue weighted by molar-refractivity contribution is -0.0754. The molecule has 1 unspecified atom stereocenters. The van der Waals surface area contributed by atoms with Crippen molar-refractivity contribution in [2.24, 2.45) is 10.8 Å². The Morgan fingerprint density at radius 1 is 1.23 bits per heavy atom. The van der Waals surface area contributed by atoms with Crippen molar-refractivity contribution < 1.29 is 9.50 Å². The van der Waals surface area contributed by atoms with Crippen molar-refractivity contribution in [2.75, 3.05) is 16.8 Å². The second-order valence-electron chi connectivity index (χ2n) is 10.8. The lowest BCUT2D eigenvalue weighted by Crippen LogP contribution is -2.50. The molecule has 1 spiro atoms. The largest absolute Gasteiger partial charge is 0.390 e. The van der Waals surface area contributed by atoms with Crippen LogP contribution in [0.25, 0.3) is 0 Å². The first-order chi connectivity index (χ1) is 14.7. The third-order valence-electron chi connectivity index (χ3n) is 8.54. The van der Waals surface area contributed by atoms with Crippen LogP contribution in [0.5, 0.6) is 0 Å². The third-order valence-corrected chi connectivity index (χ3v) is 8.54. The molecule has 31 heavy (non-hydrogen) atoms. The molecule has 5 aliphatic rings. The Morgan fingerprint density at radius 3 is 2.61 bits per heavy atom. The second kappa shape index (κ2) is 6.06. The minimum atomic E-state index is -0.756. The lowest BCUT2D eigenvalue weighted by atomic mass is 9.61. The van der Waals surface area contributed by atoms with Gasteiger partial charge in [-0.3, -0.25) is 0 Å². The van der Waals surface area contributed by atoms with Gasteiger partial charge in [0.05, 0.1) is 5.60 Å². The summed E-state index contributed by atoms with van der Waals surface area (Å²) in [4.78, 5) is 6.31. The highest BCUT2D eigenvalue weighted by atomic mass is 19.1. The van der Waals surface area contributed by atoms with E-state index in [1.165, 1.54) is 37.1 Å². The van der Waals surface area contributed by atoms with E-state index in [1.807, 2.05) is 26.0 Å². The van der Waals surface area contributed by atoms with Gasteiger partial charge in [0.2, 0.25) is 5.95 Å². The zero-order chi connectivity index (χ0) is 21.6. The van der Waals surface area contributed by atoms with Gasteiger partial charge >= 0.3 is 0 Å². The minimum Gasteiger partial charge on any atom is -0.390 e. The molecular weight excluding hydrogens is 391 g/mol. The molecule has 2 aromatic rings. The van der Waals surface area contributed by atoms with E-state index < -0.39 is 11.5 Å². The van der Waals surface area contributed by atoms with Crippen molar-refractivity contribution in [1.29, 1.82) is 5.41 Å². The Balaban J connectivity index is 1.28. The predicted octanol–water partition coefficient (Wildman–Crippen LogP) is 4.97. The van der Waals surface area contributed by atoms with Gasteiger partial charge in [-0.25, -0.2) is 4.98 Å². The van der Waals surface area contributed by atoms with Gasteiger partial charge in [-0.05, 0) is 68.9 Å². The van der Waals surface area contributed by atoms with Crippen LogP contribution in [-0.2, 0) is 0 Å². The summed E-state index contributed by atoms with van der Waals surface area (Å²) in [6.07, 6.45) is 7.10. The molecule has 3 N–H and O–H groups in total. The third kappa shape index (κ3) is 2.91. The molecule has 3 aliphatic carbocycles. The number of anilines is 3. The molecule has 0 radical (unpaired) electrons. The van der Waals surface area contributed by atoms with Gasteiger partial charge in [0.25, 0.3) is 0 Å². The van der Waals surface area contributed by atoms with E-state index in [-0.39, 0.29) is 5.41 Å². The van der Waals surface area contributed by atoms with E-state index in [4.69, 9.17) is 5.41 Å². The van der Waals surface area contributed by atoms with Crippen molar-refractivity contribution >= 4 is 23.4 Å². The van der Waals surface area contributed by atoms with E-state index in [1.54, 1.807) is 0 Å². The topological polar surface area (TPSA) is 72.2 Å². The molecule has 2 aliphatic heterocycles. The summed E-state index contributed by atoms with van der Waals surface area (Å²) in [7, 11) is 0. The molecule has 1 atom stereocenters. The zero-order valence-corrected chi connectivity index (χ0v) is 18.1. The number of pyridine rings is 1. The highest BCUT2D eigenvalue weighted by molar-refractivity contribution is 5.88. The van der Waals surface area contributed by atoms with E-state index in [2.05, 4.69) is 27.3 Å². The number of nitrogens with zero attached hydrogens (tertiary/aromatic N) is 2. The van der Waals surface area contributed by atoms with Gasteiger partial charge in [-0.15, -0.1) is 0 Å². The quantitative estimate of drug-likeness (QED) is 0.456. The predicted molar refractivity (Wildman–Crippen MR) is 120 cm³/mol. The van der Waals surface area contributed by atoms with Gasteiger partial charge in [0.1, 0.15) is 5.82 Å². The Kier molecular flexibility index (Phi) is 3.76. The lowest BCUT2D eigenvalue weighted by Gasteiger charge is -2.45. The van der Waals surface area contributed by atoms with E-state index >= 15 is 0 Å². The smallest absolute Gasteiger partial charge is 0.216 e. The average molecular weight is 421 g/mol. The van der Waals surface area contributed by atoms with Crippen LogP contribution in [0.15, 0.2) is 30.3 Å². The molecule has 5 nitrogen and oxygen atoms in total. The van der Waals surface area contributed by atoms with Crippen molar-refractivity contribution in [3.8, 4) is 0 Å². The first-order valence-electron chi connectivity index (χ1n) is 11.3. The molecule has 1 aromatic heterocycles. The Hall–Kier alpha value is -2.47. The molecule has 5 fully saturated rings. The second-order valence-corrected chi connectivity index (χ2v) is 10.8. The van der Waals surface area contributed by atoms with Crippen molar-refractivity contribution in [2.45, 2.75) is 63.5 Å². The SMILES string of the molecule is CC(C)(O)C12CC(C1)N(c1cc(Nc3cc(C4CC45CC5)ccc3C=N)cc(F)n1)C2. The molecular formula is C25H29FN4O. The molecule has 3 saturated carbocycles. The van der Waals surface area contributed by atoms with Crippen LogP contribution in [0.3, 0.4) is 0 Å². The fourth-order valence-electron chi connectivity index (χ4n) is 6.02. The molecule has 162 valence electrons. The van der Waals surface area contributed by atoms with Gasteiger partial charge in [-0.1, -0.05) is 12.1 Å². The van der Waals surface area contributed by atoms with Gasteiger partial charge < -0.3 is 20.7 Å². The summed E-state index contributed by atoms with van der Waals surface area (Å²) in [6.45, 7) is 4.44. The first kappa shape index (κ1) is 19.2. The van der Waals surface area contributed by atoms with Crippen LogP contribution in [0.4, 0.5) is 21.6 Å². The van der Waals surface area contributed by atoms with Crippen LogP contribution in [0.1, 0.15) is 63.0 Å². The van der Waals surface area contributed by atoms with Crippen LogP contribution >= 0.6 is 0 Å². The Bertz CT molecular complexity index is 1080. The van der Waals surface area contributed by atoms with E-state index in [0.717, 1.165) is 24.1 Å². The number of benzene rings is 1. The average Bonchev–Trinajstić information content (AvgIpc) is 3.52. The Morgan fingerprint density at radius 2 is 2.00 bits per heavy atom. The van der Waals surface area contributed by atoms with E-state index in [9.17, 15) is 9.50 Å². The number of fused-ring (bicyclic) bond motifs is 1. The number of nitrogens with one attached hydrogen (secondary N) is 2. The number of hydrogen-bond acceptors (Lipinski definition) is 5. The highest BCUT2D eigenvalue weighted by Crippen LogP contribution is 2.75. The van der Waals surface area contributed by atoms with Crippen LogP contribution in [-0.4, -0.2) is 34.5 Å². The Labute approximate surface area is 182 Å². The summed E-state index contributed by atoms with van der Waals surface area (Å²) < 4.78 is 14.5. The minimum absolute atomic E-state index is 0.135. The van der Waals surface area contributed by atoms with Gasteiger partial charge in [0.15, 0.2) is 0 Å². The molecule has 7 rings (SSSR count). The molecule has 2 bridgehead atoms. The van der Waals surface area contributed by atoms with Gasteiger partial charge in [-0.2, -0.15) is 4.39 Å². The van der Waals surface area contributed by atoms with Crippen molar-refractivity contribution in [1.82, 2.24) is 4.98 Å². The summed E-state index contributed by atoms with van der Waals surface area (Å²) in [5.41, 5.74) is 3.25. The maximum atomic E-state index is 14.5. The zero-order valence-electron chi connectivity index (χ0n) is 18.1. The first-order valence-corrected chi connectivity index (χ1v) is 11.3. The fourth-order valence-corrected chi connectivity index (χ4v) is 6.02. The molecule has 2 saturated heterocycles. The maximum Gasteiger partial charge on any atom is 0.216 e. The number of halogens is 1. The molecule has 1 aromatic carbocycles. The van der Waals surface area contributed by atoms with Crippen LogP contribution in [0.2, 0.25) is 0 Å². The number of hydrogen-bond donors (Lipinski definition) is 3. The highest BCUT2D eigenvalue weighted by Gasteiger charge is 2.63. The normalized spacial score (nSPS) is 29.6. The molecule has 6 heteroatoms. The summed E-state index contributed by atoms with van der Waals surface area (Å²) in [5, 5.41) is 21.7. The standard InChI is InChI=1S/C25H29FN4O/c1-23(2,31)25-10-18(11-25)30(14-25)22-9-17(8-21(26)29-22)28-20-7-15(3-4-16(20)13-27)19-12-24(19)5-6-24/h3-4,7-9,13,18-19,27,31H,5-6,10-12,14H2,1-2H3,(H,28,29). The molecule has 3 heterocycles. The van der Waals surface area contributed by atoms with Gasteiger partial charge in [0, 0.05) is 53.3 Å². The molecule has 0 amide bonds. The monoisotopic (exact) mass is 420 g/mol. The summed E-state index contributed by atoms with van der Waals surface area (Å²) in [6, 6.07) is 9.86. The maximum absolute atomic E-state index is 14.5. The number of aromatic nitrogens is 1. The van der Waals surface area contributed by atoms with Crippen LogP contribution < -0.4 is 10.2 Å². The van der Waals surface area contributed by atoms with Crippen molar-refractivity contribution in [3.05, 3.63) is 47.4 Å². The fraction of sp³-hybridized carbons (Fsp3) is 0.520. The van der Waals surface area contributed by atoms with Crippen molar-refractivity contribution in [3.63, 3.8) is 0 Å². The number of aliphatic hydroxyl groups is 1. The summed E-state index contributed by atoms with van der Waals surface area (Å²) >= 11 is 0.